The van der Waals surface area contributed by atoms with Crippen molar-refractivity contribution in [1.82, 2.24) is 0 Å². The van der Waals surface area contributed by atoms with Crippen molar-refractivity contribution >= 4 is 38.5 Å². The first-order chi connectivity index (χ1) is 11.0. The summed E-state index contributed by atoms with van der Waals surface area (Å²) in [5, 5.41) is 13.7. The largest absolute Gasteiger partial charge is 0.476 e. The molecule has 3 N–H and O–H groups in total. The zero-order chi connectivity index (χ0) is 16.8. The fourth-order valence-corrected chi connectivity index (χ4v) is 2.07. The van der Waals surface area contributed by atoms with Gasteiger partial charge in [0.15, 0.2) is 0 Å². The predicted octanol–water partition coefficient (Wildman–Crippen LogP) is 1.44. The van der Waals surface area contributed by atoms with Crippen molar-refractivity contribution in [2.24, 2.45) is 0 Å². The zero-order valence-electron chi connectivity index (χ0n) is 11.7. The summed E-state index contributed by atoms with van der Waals surface area (Å²) in [7, 11) is -2.89. The van der Waals surface area contributed by atoms with Crippen molar-refractivity contribution in [3.05, 3.63) is 60.2 Å². The summed E-state index contributed by atoms with van der Waals surface area (Å²) in [5.74, 6) is -1.87. The van der Waals surface area contributed by atoms with Gasteiger partial charge in [-0.15, -0.1) is 0 Å². The maximum Gasteiger partial charge on any atom is 0.368 e. The average molecular weight is 332 g/mol. The lowest BCUT2D eigenvalue weighted by atomic mass is 10.2. The number of aliphatic carboxylic acids is 1. The molecule has 2 aromatic carbocycles. The molecule has 0 aliphatic carbocycles. The van der Waals surface area contributed by atoms with E-state index in [9.17, 15) is 18.0 Å². The van der Waals surface area contributed by atoms with Gasteiger partial charge in [0, 0.05) is 16.9 Å². The molecule has 8 heteroatoms. The Kier molecular flexibility index (Phi) is 5.11. The van der Waals surface area contributed by atoms with Gasteiger partial charge in [0.2, 0.25) is 15.3 Å². The number of hydrogen-bond acceptors (Lipinski definition) is 4. The highest BCUT2D eigenvalue weighted by Gasteiger charge is 2.11. The van der Waals surface area contributed by atoms with Crippen molar-refractivity contribution in [1.29, 1.82) is 0 Å². The smallest absolute Gasteiger partial charge is 0.368 e. The number of carbonyl (C=O) groups is 2. The molecule has 118 valence electrons. The number of carboxylic acids is 1. The summed E-state index contributed by atoms with van der Waals surface area (Å²) in [6.07, 6.45) is 0. The maximum atomic E-state index is 12.0. The van der Waals surface area contributed by atoms with Crippen LogP contribution in [0.5, 0.6) is 0 Å². The summed E-state index contributed by atoms with van der Waals surface area (Å²) in [6, 6.07) is 14.6. The van der Waals surface area contributed by atoms with Crippen LogP contribution in [0.4, 0.5) is 11.4 Å². The van der Waals surface area contributed by atoms with E-state index in [0.717, 1.165) is 0 Å². The van der Waals surface area contributed by atoms with Crippen LogP contribution in [0, 0.1) is 0 Å². The third kappa shape index (κ3) is 4.42. The summed E-state index contributed by atoms with van der Waals surface area (Å²) in [5.41, 5.74) is 1.26. The lowest BCUT2D eigenvalue weighted by molar-refractivity contribution is -0.129. The molecule has 0 saturated heterocycles. The summed E-state index contributed by atoms with van der Waals surface area (Å²) < 4.78 is 21.6. The highest BCUT2D eigenvalue weighted by Crippen LogP contribution is 2.14. The molecule has 0 atom stereocenters. The second-order valence-electron chi connectivity index (χ2n) is 4.39. The molecule has 0 radical (unpaired) electrons. The minimum absolute atomic E-state index is 0.268. The fraction of sp³-hybridized carbons (Fsp3) is 0. The van der Waals surface area contributed by atoms with E-state index in [1.807, 2.05) is 0 Å². The Morgan fingerprint density at radius 2 is 1.35 bits per heavy atom. The minimum Gasteiger partial charge on any atom is -0.476 e. The molecule has 2 rings (SSSR count). The Morgan fingerprint density at radius 3 is 1.83 bits per heavy atom. The molecular weight excluding hydrogens is 320 g/mol. The molecule has 1 amide bonds. The Labute approximate surface area is 133 Å². The molecule has 0 aromatic heterocycles. The molecule has 0 heterocycles. The second kappa shape index (κ2) is 7.23. The van der Waals surface area contributed by atoms with Crippen LogP contribution in [0.15, 0.2) is 54.6 Å². The topological polar surface area (TPSA) is 113 Å². The fourth-order valence-electron chi connectivity index (χ4n) is 1.73. The molecule has 0 saturated carbocycles. The molecule has 0 spiro atoms. The Bertz CT molecular complexity index is 851. The predicted molar refractivity (Wildman–Crippen MR) is 86.0 cm³/mol. The SMILES string of the molecule is O=C(O)C(Nc1ccc(NC(=O)c2ccccc2)cc1)=S(=O)=O. The van der Waals surface area contributed by atoms with Crippen molar-refractivity contribution in [2.75, 3.05) is 10.6 Å². The van der Waals surface area contributed by atoms with Gasteiger partial charge < -0.3 is 15.7 Å². The van der Waals surface area contributed by atoms with Crippen LogP contribution in [-0.4, -0.2) is 30.4 Å². The number of rotatable bonds is 3. The Morgan fingerprint density at radius 1 is 0.826 bits per heavy atom. The Hall–Kier alpha value is -3.13. The number of benzene rings is 2. The van der Waals surface area contributed by atoms with Gasteiger partial charge in [-0.1, -0.05) is 18.2 Å². The molecular formula is C15H12N2O5S. The van der Waals surface area contributed by atoms with E-state index < -0.39 is 21.3 Å². The molecule has 23 heavy (non-hydrogen) atoms. The van der Waals surface area contributed by atoms with Crippen molar-refractivity contribution in [3.63, 3.8) is 0 Å². The van der Waals surface area contributed by atoms with Gasteiger partial charge in [-0.3, -0.25) is 4.79 Å². The third-order valence-corrected chi connectivity index (χ3v) is 3.41. The van der Waals surface area contributed by atoms with Crippen molar-refractivity contribution in [3.8, 4) is 0 Å². The summed E-state index contributed by atoms with van der Waals surface area (Å²) in [6.45, 7) is 0. The lowest BCUT2D eigenvalue weighted by Gasteiger charge is -2.07. The van der Waals surface area contributed by atoms with Gasteiger partial charge in [0.25, 0.3) is 5.91 Å². The van der Waals surface area contributed by atoms with E-state index in [4.69, 9.17) is 5.11 Å². The van der Waals surface area contributed by atoms with E-state index >= 15 is 0 Å². The lowest BCUT2D eigenvalue weighted by Crippen LogP contribution is -2.23. The number of hydrogen-bond donors (Lipinski definition) is 3. The highest BCUT2D eigenvalue weighted by atomic mass is 32.2. The molecule has 0 aliphatic heterocycles. The van der Waals surface area contributed by atoms with Crippen molar-refractivity contribution in [2.45, 2.75) is 0 Å². The number of anilines is 2. The van der Waals surface area contributed by atoms with Gasteiger partial charge in [-0.2, -0.15) is 8.42 Å². The monoisotopic (exact) mass is 332 g/mol. The normalized spacial score (nSPS) is 9.74. The van der Waals surface area contributed by atoms with E-state index in [1.165, 1.54) is 24.3 Å². The van der Waals surface area contributed by atoms with Gasteiger partial charge in [-0.05, 0) is 36.4 Å². The van der Waals surface area contributed by atoms with Crippen LogP contribution in [0.2, 0.25) is 0 Å². The number of carboxylic acid groups (broad SMARTS) is 1. The summed E-state index contributed by atoms with van der Waals surface area (Å²) >= 11 is 0. The van der Waals surface area contributed by atoms with Gasteiger partial charge >= 0.3 is 5.97 Å². The molecule has 0 bridgehead atoms. The third-order valence-electron chi connectivity index (χ3n) is 2.80. The average Bonchev–Trinajstić information content (AvgIpc) is 2.54. The number of amides is 1. The van der Waals surface area contributed by atoms with Crippen LogP contribution in [0.1, 0.15) is 10.4 Å². The minimum atomic E-state index is -2.89. The summed E-state index contributed by atoms with van der Waals surface area (Å²) in [4.78, 5) is 21.9. The van der Waals surface area contributed by atoms with Gasteiger partial charge in [0.1, 0.15) is 0 Å². The maximum absolute atomic E-state index is 12.0. The molecule has 7 nitrogen and oxygen atoms in total. The standard InChI is InChI=1S/C15H12N2O5S/c18-13(10-4-2-1-3-5-10)16-11-6-8-12(9-7-11)17-14(15(19)20)23(21)22/h1-9,17H,(H,16,18)(H,19,20). The molecule has 2 aromatic rings. The molecule has 0 unspecified atom stereocenters. The van der Waals surface area contributed by atoms with E-state index in [-0.39, 0.29) is 11.6 Å². The first kappa shape index (κ1) is 16.2. The molecule has 0 aliphatic rings. The van der Waals surface area contributed by atoms with Crippen molar-refractivity contribution < 1.29 is 23.1 Å². The van der Waals surface area contributed by atoms with Crippen LogP contribution in [-0.2, 0) is 15.1 Å². The quantitative estimate of drug-likeness (QED) is 0.733. The van der Waals surface area contributed by atoms with Gasteiger partial charge in [0.05, 0.1) is 0 Å². The number of carbonyl (C=O) groups excluding carboxylic acids is 1. The Balaban J connectivity index is 2.10. The van der Waals surface area contributed by atoms with E-state index in [0.29, 0.717) is 11.3 Å². The zero-order valence-corrected chi connectivity index (χ0v) is 12.5. The van der Waals surface area contributed by atoms with Crippen LogP contribution in [0.3, 0.4) is 0 Å². The second-order valence-corrected chi connectivity index (χ2v) is 5.27. The first-order valence-corrected chi connectivity index (χ1v) is 7.48. The number of nitrogens with one attached hydrogen (secondary N) is 2. The van der Waals surface area contributed by atoms with Crippen LogP contribution >= 0.6 is 0 Å². The van der Waals surface area contributed by atoms with E-state index in [1.54, 1.807) is 30.3 Å². The first-order valence-electron chi connectivity index (χ1n) is 6.40. The van der Waals surface area contributed by atoms with E-state index in [2.05, 4.69) is 10.6 Å². The highest BCUT2D eigenvalue weighted by molar-refractivity contribution is 7.75. The molecule has 0 fully saturated rings. The van der Waals surface area contributed by atoms with Crippen LogP contribution < -0.4 is 10.6 Å². The van der Waals surface area contributed by atoms with Gasteiger partial charge in [-0.25, -0.2) is 4.79 Å². The van der Waals surface area contributed by atoms with Crippen LogP contribution in [0.25, 0.3) is 0 Å².